The molecule has 6 nitrogen and oxygen atoms in total. The summed E-state index contributed by atoms with van der Waals surface area (Å²) in [5.74, 6) is 2.37. The first-order chi connectivity index (χ1) is 9.75. The number of nitrogens with zero attached hydrogens (tertiary/aromatic N) is 2. The zero-order chi connectivity index (χ0) is 14.4. The van der Waals surface area contributed by atoms with E-state index in [0.29, 0.717) is 24.6 Å². The van der Waals surface area contributed by atoms with Crippen LogP contribution < -0.4 is 10.6 Å². The molecule has 0 saturated heterocycles. The average Bonchev–Trinajstić information content (AvgIpc) is 2.37. The highest BCUT2D eigenvalue weighted by molar-refractivity contribution is 5.48. The van der Waals surface area contributed by atoms with Gasteiger partial charge in [0.05, 0.1) is 6.10 Å². The molecular formula is C14H24N4O2. The Bertz CT molecular complexity index is 397. The van der Waals surface area contributed by atoms with Crippen LogP contribution in [0.4, 0.5) is 11.6 Å². The summed E-state index contributed by atoms with van der Waals surface area (Å²) in [6.45, 7) is 6.11. The molecule has 112 valence electrons. The lowest BCUT2D eigenvalue weighted by molar-refractivity contribution is 0.00292. The van der Waals surface area contributed by atoms with E-state index >= 15 is 0 Å². The van der Waals surface area contributed by atoms with E-state index in [1.165, 1.54) is 0 Å². The molecule has 2 N–H and O–H groups in total. The van der Waals surface area contributed by atoms with Gasteiger partial charge in [0.25, 0.3) is 0 Å². The third kappa shape index (κ3) is 4.05. The van der Waals surface area contributed by atoms with E-state index < -0.39 is 0 Å². The quantitative estimate of drug-likeness (QED) is 0.759. The molecule has 1 aromatic rings. The topological polar surface area (TPSA) is 68.3 Å². The van der Waals surface area contributed by atoms with Gasteiger partial charge in [0.1, 0.15) is 18.2 Å². The Balaban J connectivity index is 1.96. The molecule has 1 fully saturated rings. The van der Waals surface area contributed by atoms with E-state index in [1.54, 1.807) is 7.11 Å². The van der Waals surface area contributed by atoms with Crippen molar-refractivity contribution in [1.82, 2.24) is 9.97 Å². The van der Waals surface area contributed by atoms with Crippen LogP contribution in [0.1, 0.15) is 32.5 Å². The summed E-state index contributed by atoms with van der Waals surface area (Å²) < 4.78 is 10.7. The first-order valence-corrected chi connectivity index (χ1v) is 7.24. The van der Waals surface area contributed by atoms with E-state index in [1.807, 2.05) is 19.9 Å². The number of rotatable bonds is 8. The number of anilines is 2. The molecule has 2 rings (SSSR count). The minimum Gasteiger partial charge on any atom is -0.378 e. The third-order valence-corrected chi connectivity index (χ3v) is 3.25. The second-order valence-corrected chi connectivity index (χ2v) is 4.91. The molecule has 1 aliphatic rings. The van der Waals surface area contributed by atoms with Crippen molar-refractivity contribution >= 4 is 11.6 Å². The Labute approximate surface area is 120 Å². The maximum Gasteiger partial charge on any atom is 0.158 e. The lowest BCUT2D eigenvalue weighted by atomic mass is 9.89. The van der Waals surface area contributed by atoms with Gasteiger partial charge in [0.2, 0.25) is 0 Å². The average molecular weight is 280 g/mol. The number of methoxy groups -OCH3 is 1. The highest BCUT2D eigenvalue weighted by Crippen LogP contribution is 2.26. The minimum atomic E-state index is 0.394. The van der Waals surface area contributed by atoms with Crippen molar-refractivity contribution in [1.29, 1.82) is 0 Å². The predicted octanol–water partition coefficient (Wildman–Crippen LogP) is 2.03. The van der Waals surface area contributed by atoms with E-state index in [4.69, 9.17) is 9.47 Å². The summed E-state index contributed by atoms with van der Waals surface area (Å²) in [5, 5.41) is 6.65. The molecule has 1 saturated carbocycles. The zero-order valence-electron chi connectivity index (χ0n) is 12.5. The third-order valence-electron chi connectivity index (χ3n) is 3.25. The van der Waals surface area contributed by atoms with Gasteiger partial charge in [-0.3, -0.25) is 0 Å². The standard InChI is InChI=1S/C14H24N4O2/c1-4-15-12-8-13(18-14(17-12)9-19-3)16-10-6-11(7-10)20-5-2/h8,10-11H,4-7,9H2,1-3H3,(H2,15,16,17,18). The molecule has 0 aromatic carbocycles. The van der Waals surface area contributed by atoms with Crippen molar-refractivity contribution in [2.24, 2.45) is 0 Å². The maximum atomic E-state index is 5.57. The number of hydrogen-bond donors (Lipinski definition) is 2. The minimum absolute atomic E-state index is 0.394. The lowest BCUT2D eigenvalue weighted by Gasteiger charge is -2.35. The van der Waals surface area contributed by atoms with E-state index in [0.717, 1.165) is 37.6 Å². The van der Waals surface area contributed by atoms with Crippen molar-refractivity contribution in [3.63, 3.8) is 0 Å². The molecule has 6 heteroatoms. The first kappa shape index (κ1) is 15.0. The van der Waals surface area contributed by atoms with Gasteiger partial charge in [-0.25, -0.2) is 9.97 Å². The van der Waals surface area contributed by atoms with Crippen molar-refractivity contribution in [3.05, 3.63) is 11.9 Å². The van der Waals surface area contributed by atoms with Crippen molar-refractivity contribution < 1.29 is 9.47 Å². The summed E-state index contributed by atoms with van der Waals surface area (Å²) in [6, 6.07) is 2.38. The summed E-state index contributed by atoms with van der Waals surface area (Å²) in [5.41, 5.74) is 0. The smallest absolute Gasteiger partial charge is 0.158 e. The van der Waals surface area contributed by atoms with Gasteiger partial charge in [-0.05, 0) is 26.7 Å². The summed E-state index contributed by atoms with van der Waals surface area (Å²) >= 11 is 0. The summed E-state index contributed by atoms with van der Waals surface area (Å²) in [4.78, 5) is 8.87. The molecule has 0 unspecified atom stereocenters. The van der Waals surface area contributed by atoms with E-state index in [2.05, 4.69) is 20.6 Å². The lowest BCUT2D eigenvalue weighted by Crippen LogP contribution is -2.41. The Morgan fingerprint density at radius 2 is 2.00 bits per heavy atom. The molecule has 0 spiro atoms. The number of aromatic nitrogens is 2. The molecule has 1 aliphatic carbocycles. The van der Waals surface area contributed by atoms with Crippen molar-refractivity contribution in [3.8, 4) is 0 Å². The van der Waals surface area contributed by atoms with Gasteiger partial charge in [0.15, 0.2) is 5.82 Å². The van der Waals surface area contributed by atoms with Gasteiger partial charge >= 0.3 is 0 Å². The Morgan fingerprint density at radius 1 is 1.25 bits per heavy atom. The monoisotopic (exact) mass is 280 g/mol. The second kappa shape index (κ2) is 7.40. The molecular weight excluding hydrogens is 256 g/mol. The maximum absolute atomic E-state index is 5.57. The normalized spacial score (nSPS) is 21.4. The SMILES string of the molecule is CCNc1cc(NC2CC(OCC)C2)nc(COC)n1. The molecule has 0 bridgehead atoms. The van der Waals surface area contributed by atoms with E-state index in [9.17, 15) is 0 Å². The highest BCUT2D eigenvalue weighted by Gasteiger charge is 2.29. The number of hydrogen-bond acceptors (Lipinski definition) is 6. The van der Waals surface area contributed by atoms with Gasteiger partial charge in [-0.2, -0.15) is 0 Å². The van der Waals surface area contributed by atoms with Gasteiger partial charge in [-0.1, -0.05) is 0 Å². The Morgan fingerprint density at radius 3 is 2.65 bits per heavy atom. The molecule has 1 aromatic heterocycles. The number of ether oxygens (including phenoxy) is 2. The first-order valence-electron chi connectivity index (χ1n) is 7.24. The van der Waals surface area contributed by atoms with Crippen LogP contribution in [0.5, 0.6) is 0 Å². The molecule has 0 radical (unpaired) electrons. The second-order valence-electron chi connectivity index (χ2n) is 4.91. The van der Waals surface area contributed by atoms with Gasteiger partial charge in [0, 0.05) is 32.4 Å². The molecule has 0 aliphatic heterocycles. The van der Waals surface area contributed by atoms with Crippen LogP contribution >= 0.6 is 0 Å². The predicted molar refractivity (Wildman–Crippen MR) is 79.0 cm³/mol. The van der Waals surface area contributed by atoms with E-state index in [-0.39, 0.29) is 0 Å². The molecule has 0 atom stereocenters. The van der Waals surface area contributed by atoms with Crippen LogP contribution in [0.15, 0.2) is 6.07 Å². The van der Waals surface area contributed by atoms with Crippen LogP contribution in [0.25, 0.3) is 0 Å². The zero-order valence-corrected chi connectivity index (χ0v) is 12.5. The van der Waals surface area contributed by atoms with Gasteiger partial charge < -0.3 is 20.1 Å². The van der Waals surface area contributed by atoms with Crippen molar-refractivity contribution in [2.45, 2.75) is 45.4 Å². The fourth-order valence-corrected chi connectivity index (χ4v) is 2.30. The molecule has 0 amide bonds. The fourth-order valence-electron chi connectivity index (χ4n) is 2.30. The van der Waals surface area contributed by atoms with Crippen LogP contribution in [-0.2, 0) is 16.1 Å². The van der Waals surface area contributed by atoms with Crippen molar-refractivity contribution in [2.75, 3.05) is 30.9 Å². The Hall–Kier alpha value is -1.40. The molecule has 1 heterocycles. The van der Waals surface area contributed by atoms with Crippen LogP contribution in [0.2, 0.25) is 0 Å². The highest BCUT2D eigenvalue weighted by atomic mass is 16.5. The van der Waals surface area contributed by atoms with Crippen LogP contribution in [0.3, 0.4) is 0 Å². The Kier molecular flexibility index (Phi) is 5.55. The van der Waals surface area contributed by atoms with Crippen LogP contribution in [-0.4, -0.2) is 42.4 Å². The molecule has 20 heavy (non-hydrogen) atoms. The summed E-state index contributed by atoms with van der Waals surface area (Å²) in [6.07, 6.45) is 2.47. The summed E-state index contributed by atoms with van der Waals surface area (Å²) in [7, 11) is 1.65. The number of nitrogens with one attached hydrogen (secondary N) is 2. The fraction of sp³-hybridized carbons (Fsp3) is 0.714. The largest absolute Gasteiger partial charge is 0.378 e. The van der Waals surface area contributed by atoms with Gasteiger partial charge in [-0.15, -0.1) is 0 Å². The van der Waals surface area contributed by atoms with Crippen LogP contribution in [0, 0.1) is 0 Å².